The van der Waals surface area contributed by atoms with E-state index in [9.17, 15) is 18.3 Å². The van der Waals surface area contributed by atoms with Gasteiger partial charge in [0.1, 0.15) is 5.82 Å². The molecule has 0 fully saturated rings. The summed E-state index contributed by atoms with van der Waals surface area (Å²) < 4.78 is 49.2. The fourth-order valence-electron chi connectivity index (χ4n) is 4.06. The molecule has 1 aliphatic rings. The molecule has 176 valence electrons. The van der Waals surface area contributed by atoms with Crippen LogP contribution in [0.15, 0.2) is 73.0 Å². The minimum atomic E-state index is -1.04. The zero-order valence-corrected chi connectivity index (χ0v) is 19.0. The largest absolute Gasteiger partial charge is 0.462 e. The first kappa shape index (κ1) is 23.8. The molecule has 2 nitrogen and oxygen atoms in total. The molecule has 0 aromatic heterocycles. The van der Waals surface area contributed by atoms with Gasteiger partial charge in [0.2, 0.25) is 5.82 Å². The first-order valence-electron chi connectivity index (χ1n) is 11.6. The third-order valence-corrected chi connectivity index (χ3v) is 6.02. The molecular formula is C29H27F3O2. The Balaban J connectivity index is 1.53. The van der Waals surface area contributed by atoms with Crippen molar-refractivity contribution in [1.29, 1.82) is 0 Å². The number of ether oxygens (including phenoxy) is 1. The zero-order valence-electron chi connectivity index (χ0n) is 19.0. The van der Waals surface area contributed by atoms with Crippen molar-refractivity contribution in [1.82, 2.24) is 0 Å². The van der Waals surface area contributed by atoms with E-state index in [0.29, 0.717) is 36.0 Å². The SMILES string of the molecule is CCC/C=C\Oc1ccc(-c2ccc(-c3ccc(C4=CCC(O)CC4)c(F)c3)cc2)c(F)c1F. The van der Waals surface area contributed by atoms with Crippen LogP contribution in [0.25, 0.3) is 27.8 Å². The molecule has 0 spiro atoms. The van der Waals surface area contributed by atoms with Gasteiger partial charge in [0.15, 0.2) is 11.6 Å². The van der Waals surface area contributed by atoms with Crippen molar-refractivity contribution in [3.8, 4) is 28.0 Å². The van der Waals surface area contributed by atoms with E-state index in [1.807, 2.05) is 19.1 Å². The summed E-state index contributed by atoms with van der Waals surface area (Å²) in [5, 5.41) is 9.65. The summed E-state index contributed by atoms with van der Waals surface area (Å²) in [5.41, 5.74) is 3.56. The van der Waals surface area contributed by atoms with Gasteiger partial charge < -0.3 is 9.84 Å². The highest BCUT2D eigenvalue weighted by Crippen LogP contribution is 2.33. The van der Waals surface area contributed by atoms with Crippen LogP contribution in [0, 0.1) is 17.5 Å². The van der Waals surface area contributed by atoms with Crippen LogP contribution in [0.4, 0.5) is 13.2 Å². The minimum Gasteiger partial charge on any atom is -0.462 e. The Kier molecular flexibility index (Phi) is 7.53. The van der Waals surface area contributed by atoms with Crippen molar-refractivity contribution in [2.45, 2.75) is 45.1 Å². The highest BCUT2D eigenvalue weighted by Gasteiger charge is 2.17. The summed E-state index contributed by atoms with van der Waals surface area (Å²) in [6, 6.07) is 14.9. The van der Waals surface area contributed by atoms with Gasteiger partial charge >= 0.3 is 0 Å². The number of halogens is 3. The molecular weight excluding hydrogens is 437 g/mol. The molecule has 34 heavy (non-hydrogen) atoms. The van der Waals surface area contributed by atoms with Crippen molar-refractivity contribution in [2.75, 3.05) is 0 Å². The van der Waals surface area contributed by atoms with Crippen molar-refractivity contribution in [3.63, 3.8) is 0 Å². The third kappa shape index (κ3) is 5.26. The Morgan fingerprint density at radius 3 is 2.29 bits per heavy atom. The molecule has 3 aromatic rings. The number of rotatable bonds is 7. The molecule has 5 heteroatoms. The molecule has 3 aromatic carbocycles. The van der Waals surface area contributed by atoms with E-state index < -0.39 is 11.6 Å². The van der Waals surface area contributed by atoms with Gasteiger partial charge in [-0.1, -0.05) is 55.8 Å². The number of unbranched alkanes of at least 4 members (excludes halogenated alkanes) is 1. The first-order chi connectivity index (χ1) is 16.5. The molecule has 0 amide bonds. The molecule has 4 rings (SSSR count). The van der Waals surface area contributed by atoms with E-state index in [1.54, 1.807) is 36.4 Å². The van der Waals surface area contributed by atoms with E-state index in [2.05, 4.69) is 0 Å². The van der Waals surface area contributed by atoms with Gasteiger partial charge in [-0.15, -0.1) is 0 Å². The summed E-state index contributed by atoms with van der Waals surface area (Å²) in [6.45, 7) is 2.01. The Hall–Kier alpha value is -3.31. The van der Waals surface area contributed by atoms with E-state index in [4.69, 9.17) is 4.74 Å². The summed E-state index contributed by atoms with van der Waals surface area (Å²) in [7, 11) is 0. The fraction of sp³-hybridized carbons (Fsp3) is 0.241. The smallest absolute Gasteiger partial charge is 0.201 e. The second kappa shape index (κ2) is 10.7. The number of benzene rings is 3. The maximum absolute atomic E-state index is 14.8. The van der Waals surface area contributed by atoms with Crippen LogP contribution in [0.3, 0.4) is 0 Å². The van der Waals surface area contributed by atoms with Gasteiger partial charge in [-0.05, 0) is 72.2 Å². The number of allylic oxidation sites excluding steroid dienone is 2. The van der Waals surface area contributed by atoms with Crippen LogP contribution in [-0.4, -0.2) is 11.2 Å². The van der Waals surface area contributed by atoms with Gasteiger partial charge in [0, 0.05) is 11.1 Å². The van der Waals surface area contributed by atoms with Crippen LogP contribution in [-0.2, 0) is 0 Å². The molecule has 1 unspecified atom stereocenters. The Morgan fingerprint density at radius 2 is 1.62 bits per heavy atom. The highest BCUT2D eigenvalue weighted by molar-refractivity contribution is 5.74. The van der Waals surface area contributed by atoms with Crippen LogP contribution in [0.1, 0.15) is 44.6 Å². The maximum Gasteiger partial charge on any atom is 0.201 e. The predicted molar refractivity (Wildman–Crippen MR) is 130 cm³/mol. The lowest BCUT2D eigenvalue weighted by molar-refractivity contribution is 0.166. The molecule has 0 bridgehead atoms. The zero-order chi connectivity index (χ0) is 24.1. The number of aliphatic hydroxyl groups excluding tert-OH is 1. The Morgan fingerprint density at radius 1 is 0.912 bits per heavy atom. The van der Waals surface area contributed by atoms with Crippen LogP contribution >= 0.6 is 0 Å². The average molecular weight is 465 g/mol. The van der Waals surface area contributed by atoms with E-state index in [0.717, 1.165) is 24.0 Å². The van der Waals surface area contributed by atoms with Crippen molar-refractivity contribution < 1.29 is 23.0 Å². The maximum atomic E-state index is 14.8. The molecule has 0 aliphatic heterocycles. The fourth-order valence-corrected chi connectivity index (χ4v) is 4.06. The quantitative estimate of drug-likeness (QED) is 0.358. The lowest BCUT2D eigenvalue weighted by atomic mass is 9.90. The second-order valence-corrected chi connectivity index (χ2v) is 8.45. The lowest BCUT2D eigenvalue weighted by Gasteiger charge is -2.18. The molecule has 0 heterocycles. The minimum absolute atomic E-state index is 0.127. The average Bonchev–Trinajstić information content (AvgIpc) is 2.85. The molecule has 1 N–H and O–H groups in total. The van der Waals surface area contributed by atoms with E-state index in [1.165, 1.54) is 24.5 Å². The Bertz CT molecular complexity index is 1210. The normalized spacial score (nSPS) is 16.0. The van der Waals surface area contributed by atoms with E-state index >= 15 is 0 Å². The summed E-state index contributed by atoms with van der Waals surface area (Å²) >= 11 is 0. The van der Waals surface area contributed by atoms with E-state index in [-0.39, 0.29) is 23.2 Å². The molecule has 0 radical (unpaired) electrons. The van der Waals surface area contributed by atoms with Gasteiger partial charge in [0.05, 0.1) is 12.4 Å². The topological polar surface area (TPSA) is 29.5 Å². The summed E-state index contributed by atoms with van der Waals surface area (Å²) in [4.78, 5) is 0. The van der Waals surface area contributed by atoms with Crippen molar-refractivity contribution >= 4 is 5.57 Å². The predicted octanol–water partition coefficient (Wildman–Crippen LogP) is 8.06. The van der Waals surface area contributed by atoms with Gasteiger partial charge in [0.25, 0.3) is 0 Å². The number of hydrogen-bond acceptors (Lipinski definition) is 2. The standard InChI is InChI=1S/C29H27F3O2/c1-2-3-4-17-34-27-16-15-25(28(31)29(27)32)21-7-5-19(6-8-21)22-11-14-24(26(30)18-22)20-9-12-23(33)13-10-20/h4-9,11,14-18,23,33H,2-3,10,12-13H2,1H3/b17-4-. The molecule has 0 saturated heterocycles. The first-order valence-corrected chi connectivity index (χ1v) is 11.6. The highest BCUT2D eigenvalue weighted by atomic mass is 19.2. The summed E-state index contributed by atoms with van der Waals surface area (Å²) in [5.74, 6) is -2.50. The number of hydrogen-bond donors (Lipinski definition) is 1. The molecule has 1 aliphatic carbocycles. The van der Waals surface area contributed by atoms with Crippen molar-refractivity contribution in [2.24, 2.45) is 0 Å². The third-order valence-electron chi connectivity index (χ3n) is 6.02. The van der Waals surface area contributed by atoms with Crippen LogP contribution < -0.4 is 4.74 Å². The lowest BCUT2D eigenvalue weighted by Crippen LogP contribution is -2.10. The van der Waals surface area contributed by atoms with Crippen LogP contribution in [0.5, 0.6) is 5.75 Å². The Labute approximate surface area is 198 Å². The molecule has 1 atom stereocenters. The monoisotopic (exact) mass is 464 g/mol. The number of aliphatic hydroxyl groups is 1. The summed E-state index contributed by atoms with van der Waals surface area (Å²) in [6.07, 6.45) is 8.22. The van der Waals surface area contributed by atoms with Gasteiger partial charge in [-0.3, -0.25) is 0 Å². The van der Waals surface area contributed by atoms with Gasteiger partial charge in [-0.2, -0.15) is 4.39 Å². The second-order valence-electron chi connectivity index (χ2n) is 8.45. The van der Waals surface area contributed by atoms with Crippen LogP contribution in [0.2, 0.25) is 0 Å². The van der Waals surface area contributed by atoms with Crippen molar-refractivity contribution in [3.05, 3.63) is 96.0 Å². The van der Waals surface area contributed by atoms with Gasteiger partial charge in [-0.25, -0.2) is 8.78 Å². The molecule has 0 saturated carbocycles.